The maximum Gasteiger partial charge on any atom is 0.119 e. The predicted octanol–water partition coefficient (Wildman–Crippen LogP) is 3.99. The number of ether oxygens (including phenoxy) is 1. The first kappa shape index (κ1) is 10.5. The van der Waals surface area contributed by atoms with Gasteiger partial charge in [0.05, 0.1) is 6.61 Å². The van der Waals surface area contributed by atoms with Crippen LogP contribution in [-0.2, 0) is 0 Å². The molecule has 0 spiro atoms. The van der Waals surface area contributed by atoms with Crippen molar-refractivity contribution in [3.8, 4) is 5.75 Å². The second-order valence-electron chi connectivity index (χ2n) is 5.32. The van der Waals surface area contributed by atoms with Crippen molar-refractivity contribution in [2.45, 2.75) is 39.5 Å². The lowest BCUT2D eigenvalue weighted by atomic mass is 10.0. The van der Waals surface area contributed by atoms with E-state index in [1.807, 2.05) is 0 Å². The lowest BCUT2D eigenvalue weighted by Gasteiger charge is -2.12. The zero-order chi connectivity index (χ0) is 10.9. The van der Waals surface area contributed by atoms with Crippen LogP contribution in [0.15, 0.2) is 24.3 Å². The molecule has 82 valence electrons. The lowest BCUT2D eigenvalue weighted by Crippen LogP contribution is -2.08. The molecule has 1 aliphatic rings. The predicted molar refractivity (Wildman–Crippen MR) is 63.4 cm³/mol. The van der Waals surface area contributed by atoms with Crippen LogP contribution in [0.25, 0.3) is 0 Å². The monoisotopic (exact) mass is 204 g/mol. The van der Waals surface area contributed by atoms with Gasteiger partial charge in [-0.2, -0.15) is 0 Å². The molecule has 1 fully saturated rings. The summed E-state index contributed by atoms with van der Waals surface area (Å²) in [5.74, 6) is 1.60. The van der Waals surface area contributed by atoms with E-state index in [1.54, 1.807) is 0 Å². The van der Waals surface area contributed by atoms with E-state index < -0.39 is 0 Å². The Morgan fingerprint density at radius 3 is 2.27 bits per heavy atom. The van der Waals surface area contributed by atoms with Gasteiger partial charge in [-0.25, -0.2) is 0 Å². The van der Waals surface area contributed by atoms with E-state index in [2.05, 4.69) is 45.0 Å². The highest BCUT2D eigenvalue weighted by atomic mass is 16.5. The molecule has 1 aromatic rings. The summed E-state index contributed by atoms with van der Waals surface area (Å²) in [7, 11) is 0. The van der Waals surface area contributed by atoms with Crippen molar-refractivity contribution < 1.29 is 4.74 Å². The van der Waals surface area contributed by atoms with E-state index >= 15 is 0 Å². The Bertz CT molecular complexity index is 320. The third kappa shape index (κ3) is 2.74. The molecule has 2 rings (SSSR count). The highest BCUT2D eigenvalue weighted by molar-refractivity contribution is 5.29. The van der Waals surface area contributed by atoms with Crippen molar-refractivity contribution in [2.24, 2.45) is 5.41 Å². The SMILES string of the molecule is CC(C)c1ccc(OCC2(C)CC2)cc1. The van der Waals surface area contributed by atoms with Crippen molar-refractivity contribution in [1.29, 1.82) is 0 Å². The summed E-state index contributed by atoms with van der Waals surface area (Å²) < 4.78 is 5.77. The van der Waals surface area contributed by atoms with Crippen LogP contribution >= 0.6 is 0 Å². The minimum atomic E-state index is 0.469. The minimum Gasteiger partial charge on any atom is -0.493 e. The smallest absolute Gasteiger partial charge is 0.119 e. The van der Waals surface area contributed by atoms with Crippen LogP contribution < -0.4 is 4.74 Å². The van der Waals surface area contributed by atoms with Gasteiger partial charge in [0.2, 0.25) is 0 Å². The molecule has 0 aromatic heterocycles. The van der Waals surface area contributed by atoms with Crippen LogP contribution in [0.3, 0.4) is 0 Å². The first-order valence-electron chi connectivity index (χ1n) is 5.82. The Balaban J connectivity index is 1.92. The van der Waals surface area contributed by atoms with Crippen molar-refractivity contribution in [1.82, 2.24) is 0 Å². The molecule has 15 heavy (non-hydrogen) atoms. The van der Waals surface area contributed by atoms with Crippen LogP contribution in [-0.4, -0.2) is 6.61 Å². The van der Waals surface area contributed by atoms with E-state index in [1.165, 1.54) is 18.4 Å². The van der Waals surface area contributed by atoms with Gasteiger partial charge in [-0.05, 0) is 36.5 Å². The van der Waals surface area contributed by atoms with Crippen molar-refractivity contribution in [3.63, 3.8) is 0 Å². The molecule has 0 heterocycles. The molecular weight excluding hydrogens is 184 g/mol. The first-order chi connectivity index (χ1) is 7.09. The number of rotatable bonds is 4. The van der Waals surface area contributed by atoms with Gasteiger partial charge in [-0.3, -0.25) is 0 Å². The second kappa shape index (κ2) is 3.88. The molecule has 0 amide bonds. The summed E-state index contributed by atoms with van der Waals surface area (Å²) in [4.78, 5) is 0. The normalized spacial score (nSPS) is 17.9. The number of benzene rings is 1. The highest BCUT2D eigenvalue weighted by Gasteiger charge is 2.38. The summed E-state index contributed by atoms with van der Waals surface area (Å²) in [6, 6.07) is 8.49. The summed E-state index contributed by atoms with van der Waals surface area (Å²) in [5.41, 5.74) is 1.84. The number of hydrogen-bond acceptors (Lipinski definition) is 1. The van der Waals surface area contributed by atoms with E-state index in [0.717, 1.165) is 12.4 Å². The molecule has 0 radical (unpaired) electrons. The average molecular weight is 204 g/mol. The first-order valence-corrected chi connectivity index (χ1v) is 5.82. The van der Waals surface area contributed by atoms with Gasteiger partial charge in [0, 0.05) is 5.41 Å². The zero-order valence-corrected chi connectivity index (χ0v) is 9.92. The molecule has 0 atom stereocenters. The Hall–Kier alpha value is -0.980. The van der Waals surface area contributed by atoms with Crippen molar-refractivity contribution in [3.05, 3.63) is 29.8 Å². The van der Waals surface area contributed by atoms with E-state index in [-0.39, 0.29) is 0 Å². The molecule has 1 aliphatic carbocycles. The van der Waals surface area contributed by atoms with E-state index in [4.69, 9.17) is 4.74 Å². The fraction of sp³-hybridized carbons (Fsp3) is 0.571. The van der Waals surface area contributed by atoms with E-state index in [9.17, 15) is 0 Å². The maximum atomic E-state index is 5.77. The van der Waals surface area contributed by atoms with Crippen LogP contribution in [0.2, 0.25) is 0 Å². The Morgan fingerprint density at radius 1 is 1.20 bits per heavy atom. The van der Waals surface area contributed by atoms with Crippen molar-refractivity contribution in [2.75, 3.05) is 6.61 Å². The largest absolute Gasteiger partial charge is 0.493 e. The molecule has 1 nitrogen and oxygen atoms in total. The molecule has 0 N–H and O–H groups in total. The summed E-state index contributed by atoms with van der Waals surface area (Å²) in [6.45, 7) is 7.58. The standard InChI is InChI=1S/C14H20O/c1-11(2)12-4-6-13(7-5-12)15-10-14(3)8-9-14/h4-7,11H,8-10H2,1-3H3. The van der Waals surface area contributed by atoms with Crippen LogP contribution in [0.1, 0.15) is 45.1 Å². The molecular formula is C14H20O. The molecule has 0 unspecified atom stereocenters. The molecule has 0 bridgehead atoms. The summed E-state index contributed by atoms with van der Waals surface area (Å²) in [5, 5.41) is 0. The fourth-order valence-corrected chi connectivity index (χ4v) is 1.56. The molecule has 0 saturated heterocycles. The topological polar surface area (TPSA) is 9.23 Å². The molecule has 1 aromatic carbocycles. The maximum absolute atomic E-state index is 5.77. The van der Waals surface area contributed by atoms with Gasteiger partial charge in [0.15, 0.2) is 0 Å². The van der Waals surface area contributed by atoms with Gasteiger partial charge >= 0.3 is 0 Å². The minimum absolute atomic E-state index is 0.469. The van der Waals surface area contributed by atoms with Gasteiger partial charge in [-0.15, -0.1) is 0 Å². The third-order valence-electron chi connectivity index (χ3n) is 3.24. The summed E-state index contributed by atoms with van der Waals surface area (Å²) in [6.07, 6.45) is 2.63. The molecule has 0 aliphatic heterocycles. The fourth-order valence-electron chi connectivity index (χ4n) is 1.56. The van der Waals surface area contributed by atoms with Crippen molar-refractivity contribution >= 4 is 0 Å². The van der Waals surface area contributed by atoms with Crippen LogP contribution in [0.4, 0.5) is 0 Å². The van der Waals surface area contributed by atoms with Gasteiger partial charge in [0.1, 0.15) is 5.75 Å². The second-order valence-corrected chi connectivity index (χ2v) is 5.32. The average Bonchev–Trinajstić information content (AvgIpc) is 2.95. The van der Waals surface area contributed by atoms with Crippen LogP contribution in [0.5, 0.6) is 5.75 Å². The Morgan fingerprint density at radius 2 is 1.80 bits per heavy atom. The Kier molecular flexibility index (Phi) is 2.72. The van der Waals surface area contributed by atoms with Gasteiger partial charge < -0.3 is 4.74 Å². The number of hydrogen-bond donors (Lipinski definition) is 0. The van der Waals surface area contributed by atoms with Gasteiger partial charge in [-0.1, -0.05) is 32.9 Å². The quantitative estimate of drug-likeness (QED) is 0.720. The highest BCUT2D eigenvalue weighted by Crippen LogP contribution is 2.45. The lowest BCUT2D eigenvalue weighted by molar-refractivity contribution is 0.247. The molecule has 1 heteroatoms. The van der Waals surface area contributed by atoms with Crippen LogP contribution in [0, 0.1) is 5.41 Å². The zero-order valence-electron chi connectivity index (χ0n) is 9.92. The molecule has 1 saturated carbocycles. The summed E-state index contributed by atoms with van der Waals surface area (Å²) >= 11 is 0. The third-order valence-corrected chi connectivity index (χ3v) is 3.24. The Labute approximate surface area is 92.5 Å². The van der Waals surface area contributed by atoms with Gasteiger partial charge in [0.25, 0.3) is 0 Å². The van der Waals surface area contributed by atoms with E-state index in [0.29, 0.717) is 11.3 Å².